The molecule has 0 saturated heterocycles. The number of hydrogen-bond acceptors (Lipinski definition) is 3. The second-order valence-electron chi connectivity index (χ2n) is 5.13. The fourth-order valence-electron chi connectivity index (χ4n) is 2.24. The molecule has 1 amide bonds. The van der Waals surface area contributed by atoms with Crippen LogP contribution in [0.3, 0.4) is 0 Å². The van der Waals surface area contributed by atoms with Crippen LogP contribution in [0.4, 0.5) is 16.2 Å². The highest BCUT2D eigenvalue weighted by Crippen LogP contribution is 2.23. The standard InChI is InChI=1S/C17H20N2O2S/c1-12-10-14(6-9-16(12)18-17(20)21)19(2)11-13-4-7-15(22-3)8-5-13/h4-10,18H,11H2,1-3H3,(H,20,21). The molecule has 22 heavy (non-hydrogen) atoms. The predicted octanol–water partition coefficient (Wildman–Crippen LogP) is 4.44. The van der Waals surface area contributed by atoms with Crippen molar-refractivity contribution in [3.8, 4) is 0 Å². The molecule has 0 spiro atoms. The van der Waals surface area contributed by atoms with Crippen molar-refractivity contribution in [3.05, 3.63) is 53.6 Å². The molecule has 0 aliphatic rings. The molecule has 0 saturated carbocycles. The Morgan fingerprint density at radius 1 is 1.23 bits per heavy atom. The van der Waals surface area contributed by atoms with E-state index < -0.39 is 6.09 Å². The summed E-state index contributed by atoms with van der Waals surface area (Å²) < 4.78 is 0. The van der Waals surface area contributed by atoms with E-state index in [-0.39, 0.29) is 0 Å². The highest BCUT2D eigenvalue weighted by atomic mass is 32.2. The van der Waals surface area contributed by atoms with Gasteiger partial charge in [0.25, 0.3) is 0 Å². The summed E-state index contributed by atoms with van der Waals surface area (Å²) in [5, 5.41) is 11.2. The molecule has 5 heteroatoms. The number of amides is 1. The second-order valence-corrected chi connectivity index (χ2v) is 6.01. The fourth-order valence-corrected chi connectivity index (χ4v) is 2.65. The van der Waals surface area contributed by atoms with Crippen LogP contribution in [0, 0.1) is 6.92 Å². The average molecular weight is 316 g/mol. The molecule has 2 N–H and O–H groups in total. The Labute approximate surface area is 135 Å². The molecule has 116 valence electrons. The third kappa shape index (κ3) is 4.18. The number of anilines is 2. The van der Waals surface area contributed by atoms with Crippen LogP contribution in [0.15, 0.2) is 47.4 Å². The summed E-state index contributed by atoms with van der Waals surface area (Å²) in [4.78, 5) is 14.1. The third-order valence-electron chi connectivity index (χ3n) is 3.47. The van der Waals surface area contributed by atoms with E-state index >= 15 is 0 Å². The molecular weight excluding hydrogens is 296 g/mol. The van der Waals surface area contributed by atoms with Gasteiger partial charge in [-0.3, -0.25) is 5.32 Å². The summed E-state index contributed by atoms with van der Waals surface area (Å²) in [6.45, 7) is 2.70. The molecule has 0 bridgehead atoms. The van der Waals surface area contributed by atoms with E-state index in [1.165, 1.54) is 10.5 Å². The first kappa shape index (κ1) is 16.2. The summed E-state index contributed by atoms with van der Waals surface area (Å²) in [5.74, 6) is 0. The lowest BCUT2D eigenvalue weighted by Gasteiger charge is -2.21. The first-order valence-electron chi connectivity index (χ1n) is 6.94. The predicted molar refractivity (Wildman–Crippen MR) is 93.2 cm³/mol. The molecule has 0 fully saturated rings. The first-order valence-corrected chi connectivity index (χ1v) is 8.16. The number of carboxylic acid groups (broad SMARTS) is 1. The van der Waals surface area contributed by atoms with Crippen molar-refractivity contribution < 1.29 is 9.90 Å². The second kappa shape index (κ2) is 7.22. The Morgan fingerprint density at radius 2 is 1.91 bits per heavy atom. The van der Waals surface area contributed by atoms with E-state index in [9.17, 15) is 4.79 Å². The van der Waals surface area contributed by atoms with Crippen LogP contribution in [0.1, 0.15) is 11.1 Å². The van der Waals surface area contributed by atoms with E-state index in [0.717, 1.165) is 17.8 Å². The van der Waals surface area contributed by atoms with Crippen molar-refractivity contribution >= 4 is 29.2 Å². The lowest BCUT2D eigenvalue weighted by atomic mass is 10.1. The minimum atomic E-state index is -1.04. The lowest BCUT2D eigenvalue weighted by molar-refractivity contribution is 0.209. The summed E-state index contributed by atoms with van der Waals surface area (Å²) in [7, 11) is 2.03. The largest absolute Gasteiger partial charge is 0.465 e. The summed E-state index contributed by atoms with van der Waals surface area (Å²) in [5.41, 5.74) is 3.83. The molecule has 0 atom stereocenters. The molecule has 0 heterocycles. The molecule has 2 aromatic carbocycles. The van der Waals surface area contributed by atoms with Gasteiger partial charge in [0.1, 0.15) is 0 Å². The average Bonchev–Trinajstić information content (AvgIpc) is 2.49. The van der Waals surface area contributed by atoms with Gasteiger partial charge in [0.2, 0.25) is 0 Å². The number of hydrogen-bond donors (Lipinski definition) is 2. The number of benzene rings is 2. The van der Waals surface area contributed by atoms with E-state index in [0.29, 0.717) is 5.69 Å². The van der Waals surface area contributed by atoms with Gasteiger partial charge in [0, 0.05) is 29.9 Å². The van der Waals surface area contributed by atoms with Gasteiger partial charge in [-0.15, -0.1) is 11.8 Å². The van der Waals surface area contributed by atoms with Crippen molar-refractivity contribution in [2.75, 3.05) is 23.5 Å². The SMILES string of the molecule is CSc1ccc(CN(C)c2ccc(NC(=O)O)c(C)c2)cc1. The van der Waals surface area contributed by atoms with E-state index in [1.807, 2.05) is 26.1 Å². The Bertz CT molecular complexity index is 656. The van der Waals surface area contributed by atoms with Gasteiger partial charge in [-0.25, -0.2) is 4.79 Å². The van der Waals surface area contributed by atoms with Gasteiger partial charge < -0.3 is 10.0 Å². The fraction of sp³-hybridized carbons (Fsp3) is 0.235. The maximum absolute atomic E-state index is 10.7. The molecule has 2 aromatic rings. The van der Waals surface area contributed by atoms with Crippen molar-refractivity contribution in [1.82, 2.24) is 0 Å². The van der Waals surface area contributed by atoms with Crippen molar-refractivity contribution in [3.63, 3.8) is 0 Å². The van der Waals surface area contributed by atoms with Gasteiger partial charge in [-0.2, -0.15) is 0 Å². The Morgan fingerprint density at radius 3 is 2.45 bits per heavy atom. The number of rotatable bonds is 5. The smallest absolute Gasteiger partial charge is 0.409 e. The Balaban J connectivity index is 2.09. The minimum Gasteiger partial charge on any atom is -0.465 e. The van der Waals surface area contributed by atoms with Gasteiger partial charge in [0.15, 0.2) is 0 Å². The maximum Gasteiger partial charge on any atom is 0.409 e. The first-order chi connectivity index (χ1) is 10.5. The molecule has 0 radical (unpaired) electrons. The van der Waals surface area contributed by atoms with Crippen LogP contribution in [0.25, 0.3) is 0 Å². The molecule has 4 nitrogen and oxygen atoms in total. The topological polar surface area (TPSA) is 52.6 Å². The van der Waals surface area contributed by atoms with Crippen LogP contribution >= 0.6 is 11.8 Å². The highest BCUT2D eigenvalue weighted by molar-refractivity contribution is 7.98. The molecule has 0 aliphatic carbocycles. The van der Waals surface area contributed by atoms with Crippen LogP contribution in [-0.2, 0) is 6.54 Å². The highest BCUT2D eigenvalue weighted by Gasteiger charge is 2.07. The van der Waals surface area contributed by atoms with Crippen LogP contribution in [0.5, 0.6) is 0 Å². The van der Waals surface area contributed by atoms with Gasteiger partial charge >= 0.3 is 6.09 Å². The molecule has 0 aromatic heterocycles. The summed E-state index contributed by atoms with van der Waals surface area (Å²) in [6, 6.07) is 14.2. The monoisotopic (exact) mass is 316 g/mol. The summed E-state index contributed by atoms with van der Waals surface area (Å²) in [6.07, 6.45) is 1.02. The Kier molecular flexibility index (Phi) is 5.33. The normalized spacial score (nSPS) is 10.3. The zero-order valence-corrected chi connectivity index (χ0v) is 13.8. The van der Waals surface area contributed by atoms with Crippen LogP contribution < -0.4 is 10.2 Å². The lowest BCUT2D eigenvalue weighted by Crippen LogP contribution is -2.17. The number of nitrogens with one attached hydrogen (secondary N) is 1. The van der Waals surface area contributed by atoms with Gasteiger partial charge in [0.05, 0.1) is 0 Å². The molecule has 0 aliphatic heterocycles. The number of nitrogens with zero attached hydrogens (tertiary/aromatic N) is 1. The van der Waals surface area contributed by atoms with E-state index in [1.54, 1.807) is 17.8 Å². The van der Waals surface area contributed by atoms with Gasteiger partial charge in [-0.05, 0) is 54.6 Å². The molecule has 0 unspecified atom stereocenters. The van der Waals surface area contributed by atoms with Crippen molar-refractivity contribution in [1.29, 1.82) is 0 Å². The molecule has 2 rings (SSSR count). The van der Waals surface area contributed by atoms with Crippen molar-refractivity contribution in [2.24, 2.45) is 0 Å². The van der Waals surface area contributed by atoms with Crippen LogP contribution in [-0.4, -0.2) is 24.5 Å². The number of aryl methyl sites for hydroxylation is 1. The van der Waals surface area contributed by atoms with Crippen LogP contribution in [0.2, 0.25) is 0 Å². The quantitative estimate of drug-likeness (QED) is 0.801. The third-order valence-corrected chi connectivity index (χ3v) is 4.21. The minimum absolute atomic E-state index is 0.619. The summed E-state index contributed by atoms with van der Waals surface area (Å²) >= 11 is 1.73. The van der Waals surface area contributed by atoms with E-state index in [4.69, 9.17) is 5.11 Å². The van der Waals surface area contributed by atoms with E-state index in [2.05, 4.69) is 40.7 Å². The Hall–Kier alpha value is -2.14. The number of thioether (sulfide) groups is 1. The maximum atomic E-state index is 10.7. The zero-order valence-electron chi connectivity index (χ0n) is 13.0. The van der Waals surface area contributed by atoms with Gasteiger partial charge in [-0.1, -0.05) is 12.1 Å². The zero-order chi connectivity index (χ0) is 16.1. The molecular formula is C17H20N2O2S. The van der Waals surface area contributed by atoms with Crippen molar-refractivity contribution in [2.45, 2.75) is 18.4 Å². The number of carbonyl (C=O) groups is 1.